The summed E-state index contributed by atoms with van der Waals surface area (Å²) in [5.74, 6) is 4.84. The minimum atomic E-state index is -0.243. The monoisotopic (exact) mass is 208 g/mol. The normalized spacial score (nSPS) is 8.92. The number of rotatable bonds is 2. The fraction of sp³-hybridized carbons (Fsp3) is 0.143. The smallest absolute Gasteiger partial charge is 0.138 e. The molecule has 5 heteroatoms. The first-order valence-corrected chi connectivity index (χ1v) is 4.30. The number of halogens is 2. The third kappa shape index (κ3) is 2.55. The van der Waals surface area contributed by atoms with E-state index in [1.54, 1.807) is 12.1 Å². The third-order valence-electron chi connectivity index (χ3n) is 1.32. The standard InChI is InChI=1S/C7H9FN2S.ClH/c1-11-7-3-2-5(10-9)4-6(7)8;/h2-4,10H,9H2,1H3;1H. The van der Waals surface area contributed by atoms with Crippen LogP contribution < -0.4 is 11.3 Å². The average molecular weight is 209 g/mol. The summed E-state index contributed by atoms with van der Waals surface area (Å²) < 4.78 is 12.9. The van der Waals surface area contributed by atoms with Gasteiger partial charge in [0.15, 0.2) is 0 Å². The predicted molar refractivity (Wildman–Crippen MR) is 53.2 cm³/mol. The molecular weight excluding hydrogens is 199 g/mol. The minimum absolute atomic E-state index is 0. The maximum atomic E-state index is 12.9. The van der Waals surface area contributed by atoms with Gasteiger partial charge in [0.25, 0.3) is 0 Å². The van der Waals surface area contributed by atoms with Crippen molar-refractivity contribution in [1.29, 1.82) is 0 Å². The summed E-state index contributed by atoms with van der Waals surface area (Å²) in [5, 5.41) is 0. The van der Waals surface area contributed by atoms with Crippen molar-refractivity contribution in [3.63, 3.8) is 0 Å². The van der Waals surface area contributed by atoms with Gasteiger partial charge in [0, 0.05) is 4.90 Å². The molecule has 1 aromatic carbocycles. The quantitative estimate of drug-likeness (QED) is 0.445. The Bertz CT molecular complexity index is 257. The number of thioether (sulfide) groups is 1. The Morgan fingerprint density at radius 3 is 2.58 bits per heavy atom. The van der Waals surface area contributed by atoms with Gasteiger partial charge < -0.3 is 5.43 Å². The Labute approximate surface area is 81.1 Å². The number of hydrazine groups is 1. The first-order chi connectivity index (χ1) is 5.27. The average Bonchev–Trinajstić information content (AvgIpc) is 2.04. The van der Waals surface area contributed by atoms with Gasteiger partial charge in [0.1, 0.15) is 5.82 Å². The zero-order valence-electron chi connectivity index (χ0n) is 6.50. The minimum Gasteiger partial charge on any atom is -0.324 e. The molecule has 0 aromatic heterocycles. The number of nitrogen functional groups attached to an aromatic ring is 1. The fourth-order valence-corrected chi connectivity index (χ4v) is 1.21. The van der Waals surface area contributed by atoms with Crippen LogP contribution in [0.5, 0.6) is 0 Å². The lowest BCUT2D eigenvalue weighted by atomic mass is 10.3. The van der Waals surface area contributed by atoms with Crippen LogP contribution in [0.1, 0.15) is 0 Å². The molecule has 1 aromatic rings. The van der Waals surface area contributed by atoms with Crippen LogP contribution in [-0.4, -0.2) is 6.26 Å². The van der Waals surface area contributed by atoms with E-state index in [2.05, 4.69) is 5.43 Å². The van der Waals surface area contributed by atoms with Gasteiger partial charge in [-0.3, -0.25) is 5.84 Å². The summed E-state index contributed by atoms with van der Waals surface area (Å²) in [6.45, 7) is 0. The predicted octanol–water partition coefficient (Wildman–Crippen LogP) is 2.26. The van der Waals surface area contributed by atoms with Gasteiger partial charge in [-0.1, -0.05) is 0 Å². The summed E-state index contributed by atoms with van der Waals surface area (Å²) in [6.07, 6.45) is 1.83. The molecule has 0 aliphatic heterocycles. The van der Waals surface area contributed by atoms with E-state index in [1.807, 2.05) is 6.26 Å². The highest BCUT2D eigenvalue weighted by Gasteiger charge is 1.99. The van der Waals surface area contributed by atoms with Crippen LogP contribution in [0.15, 0.2) is 23.1 Å². The molecule has 0 amide bonds. The lowest BCUT2D eigenvalue weighted by Gasteiger charge is -2.01. The van der Waals surface area contributed by atoms with Crippen molar-refractivity contribution >= 4 is 29.9 Å². The Kier molecular flexibility index (Phi) is 5.04. The number of nitrogens with one attached hydrogen (secondary N) is 1. The number of hydrogen-bond acceptors (Lipinski definition) is 3. The van der Waals surface area contributed by atoms with E-state index in [1.165, 1.54) is 17.8 Å². The lowest BCUT2D eigenvalue weighted by Crippen LogP contribution is -2.06. The summed E-state index contributed by atoms with van der Waals surface area (Å²) in [6, 6.07) is 4.79. The number of benzene rings is 1. The van der Waals surface area contributed by atoms with Crippen molar-refractivity contribution in [1.82, 2.24) is 0 Å². The summed E-state index contributed by atoms with van der Waals surface area (Å²) in [4.78, 5) is 0.629. The maximum Gasteiger partial charge on any atom is 0.138 e. The fourth-order valence-electron chi connectivity index (χ4n) is 0.756. The van der Waals surface area contributed by atoms with Crippen LogP contribution in [0.2, 0.25) is 0 Å². The Hall–Kier alpha value is -0.450. The molecule has 0 saturated carbocycles. The van der Waals surface area contributed by atoms with E-state index in [0.717, 1.165) is 0 Å². The zero-order chi connectivity index (χ0) is 8.27. The molecule has 0 spiro atoms. The van der Waals surface area contributed by atoms with E-state index in [-0.39, 0.29) is 18.2 Å². The number of anilines is 1. The van der Waals surface area contributed by atoms with Crippen LogP contribution in [0.3, 0.4) is 0 Å². The van der Waals surface area contributed by atoms with Gasteiger partial charge in [-0.2, -0.15) is 0 Å². The number of nitrogens with two attached hydrogens (primary N) is 1. The van der Waals surface area contributed by atoms with E-state index in [4.69, 9.17) is 5.84 Å². The van der Waals surface area contributed by atoms with Crippen LogP contribution in [0, 0.1) is 5.82 Å². The molecule has 12 heavy (non-hydrogen) atoms. The molecule has 0 fully saturated rings. The van der Waals surface area contributed by atoms with E-state index in [9.17, 15) is 4.39 Å². The van der Waals surface area contributed by atoms with Gasteiger partial charge in [0.2, 0.25) is 0 Å². The highest BCUT2D eigenvalue weighted by molar-refractivity contribution is 7.98. The molecule has 0 bridgehead atoms. The molecule has 1 rings (SSSR count). The van der Waals surface area contributed by atoms with Crippen LogP contribution >= 0.6 is 24.2 Å². The molecule has 0 atom stereocenters. The molecular formula is C7H10ClFN2S. The second kappa shape index (κ2) is 5.24. The molecule has 3 N–H and O–H groups in total. The summed E-state index contributed by atoms with van der Waals surface area (Å²) >= 11 is 1.37. The SMILES string of the molecule is CSc1ccc(NN)cc1F.Cl. The molecule has 0 radical (unpaired) electrons. The lowest BCUT2D eigenvalue weighted by molar-refractivity contribution is 0.602. The van der Waals surface area contributed by atoms with Crippen molar-refractivity contribution in [2.24, 2.45) is 5.84 Å². The van der Waals surface area contributed by atoms with Crippen molar-refractivity contribution in [3.05, 3.63) is 24.0 Å². The first kappa shape index (κ1) is 11.6. The van der Waals surface area contributed by atoms with Crippen LogP contribution in [0.25, 0.3) is 0 Å². The van der Waals surface area contributed by atoms with Crippen molar-refractivity contribution in [2.75, 3.05) is 11.7 Å². The molecule has 2 nitrogen and oxygen atoms in total. The molecule has 0 saturated heterocycles. The zero-order valence-corrected chi connectivity index (χ0v) is 8.14. The summed E-state index contributed by atoms with van der Waals surface area (Å²) in [5.41, 5.74) is 2.95. The van der Waals surface area contributed by atoms with Crippen LogP contribution in [-0.2, 0) is 0 Å². The molecule has 0 heterocycles. The molecule has 0 unspecified atom stereocenters. The van der Waals surface area contributed by atoms with Gasteiger partial charge in [-0.25, -0.2) is 4.39 Å². The topological polar surface area (TPSA) is 38.0 Å². The van der Waals surface area contributed by atoms with E-state index >= 15 is 0 Å². The van der Waals surface area contributed by atoms with Gasteiger partial charge in [0.05, 0.1) is 5.69 Å². The first-order valence-electron chi connectivity index (χ1n) is 3.08. The van der Waals surface area contributed by atoms with E-state index in [0.29, 0.717) is 10.6 Å². The second-order valence-electron chi connectivity index (χ2n) is 1.99. The van der Waals surface area contributed by atoms with Crippen LogP contribution in [0.4, 0.5) is 10.1 Å². The third-order valence-corrected chi connectivity index (χ3v) is 2.09. The van der Waals surface area contributed by atoms with Gasteiger partial charge in [-0.05, 0) is 24.5 Å². The van der Waals surface area contributed by atoms with Crippen molar-refractivity contribution in [2.45, 2.75) is 4.90 Å². The Balaban J connectivity index is 0.00000121. The molecule has 0 aliphatic carbocycles. The van der Waals surface area contributed by atoms with Gasteiger partial charge in [-0.15, -0.1) is 24.2 Å². The van der Waals surface area contributed by atoms with Gasteiger partial charge >= 0.3 is 0 Å². The largest absolute Gasteiger partial charge is 0.324 e. The molecule has 68 valence electrons. The van der Waals surface area contributed by atoms with Crippen molar-refractivity contribution in [3.8, 4) is 0 Å². The Morgan fingerprint density at radius 1 is 1.50 bits per heavy atom. The van der Waals surface area contributed by atoms with Crippen molar-refractivity contribution < 1.29 is 4.39 Å². The maximum absolute atomic E-state index is 12.9. The number of hydrogen-bond donors (Lipinski definition) is 2. The highest BCUT2D eigenvalue weighted by Crippen LogP contribution is 2.21. The second-order valence-corrected chi connectivity index (χ2v) is 2.84. The Morgan fingerprint density at radius 2 is 2.17 bits per heavy atom. The highest BCUT2D eigenvalue weighted by atomic mass is 35.5. The van der Waals surface area contributed by atoms with E-state index < -0.39 is 0 Å². The molecule has 0 aliphatic rings. The summed E-state index contributed by atoms with van der Waals surface area (Å²) in [7, 11) is 0.